The van der Waals surface area contributed by atoms with Gasteiger partial charge in [0.25, 0.3) is 0 Å². The predicted molar refractivity (Wildman–Crippen MR) is 61.4 cm³/mol. The predicted octanol–water partition coefficient (Wildman–Crippen LogP) is -3.10. The van der Waals surface area contributed by atoms with Crippen LogP contribution in [0.3, 0.4) is 0 Å². The first-order valence-corrected chi connectivity index (χ1v) is 4.53. The van der Waals surface area contributed by atoms with Crippen molar-refractivity contribution in [2.24, 2.45) is 0 Å². The third kappa shape index (κ3) is 6.04. The first-order valence-electron chi connectivity index (χ1n) is 4.53. The van der Waals surface area contributed by atoms with Crippen molar-refractivity contribution in [2.45, 2.75) is 6.42 Å². The SMILES string of the molecule is [Br-].[Br-].[Mg+2].c1ccc(Cc2ccccc2)cc1. The van der Waals surface area contributed by atoms with Gasteiger partial charge in [-0.2, -0.15) is 0 Å². The Bertz CT molecular complexity index is 325. The summed E-state index contributed by atoms with van der Waals surface area (Å²) in [4.78, 5) is 0. The van der Waals surface area contributed by atoms with Crippen LogP contribution in [0.4, 0.5) is 0 Å². The molecule has 0 radical (unpaired) electrons. The fourth-order valence-electron chi connectivity index (χ4n) is 1.43. The minimum absolute atomic E-state index is 0. The average molecular weight is 352 g/mol. The molecule has 0 aliphatic rings. The van der Waals surface area contributed by atoms with Gasteiger partial charge >= 0.3 is 23.1 Å². The van der Waals surface area contributed by atoms with Gasteiger partial charge in [-0.25, -0.2) is 0 Å². The van der Waals surface area contributed by atoms with Gasteiger partial charge in [-0.3, -0.25) is 0 Å². The van der Waals surface area contributed by atoms with Crippen LogP contribution in [0.1, 0.15) is 11.1 Å². The quantitative estimate of drug-likeness (QED) is 0.503. The summed E-state index contributed by atoms with van der Waals surface area (Å²) in [5, 5.41) is 0. The van der Waals surface area contributed by atoms with Gasteiger partial charge in [0.2, 0.25) is 0 Å². The van der Waals surface area contributed by atoms with Crippen molar-refractivity contribution in [3.05, 3.63) is 71.8 Å². The van der Waals surface area contributed by atoms with E-state index in [9.17, 15) is 0 Å². The fourth-order valence-corrected chi connectivity index (χ4v) is 1.43. The average Bonchev–Trinajstić information content (AvgIpc) is 2.21. The molecule has 0 amide bonds. The van der Waals surface area contributed by atoms with Crippen LogP contribution in [0.15, 0.2) is 60.7 Å². The fraction of sp³-hybridized carbons (Fsp3) is 0.0769. The van der Waals surface area contributed by atoms with Gasteiger partial charge in [0, 0.05) is 0 Å². The van der Waals surface area contributed by atoms with Gasteiger partial charge in [-0.15, -0.1) is 0 Å². The largest absolute Gasteiger partial charge is 2.00 e. The van der Waals surface area contributed by atoms with Gasteiger partial charge in [-0.05, 0) is 17.5 Å². The topological polar surface area (TPSA) is 0 Å². The van der Waals surface area contributed by atoms with E-state index in [0.717, 1.165) is 6.42 Å². The van der Waals surface area contributed by atoms with Gasteiger partial charge in [0.1, 0.15) is 0 Å². The Balaban J connectivity index is 0. The molecule has 16 heavy (non-hydrogen) atoms. The molecule has 0 atom stereocenters. The second-order valence-corrected chi connectivity index (χ2v) is 3.15. The molecule has 0 nitrogen and oxygen atoms in total. The molecule has 0 heterocycles. The number of hydrogen-bond donors (Lipinski definition) is 0. The Morgan fingerprint density at radius 2 is 0.875 bits per heavy atom. The summed E-state index contributed by atoms with van der Waals surface area (Å²) < 4.78 is 0. The molecule has 2 aromatic carbocycles. The van der Waals surface area contributed by atoms with Crippen molar-refractivity contribution in [3.63, 3.8) is 0 Å². The van der Waals surface area contributed by atoms with Crippen molar-refractivity contribution in [1.82, 2.24) is 0 Å². The molecule has 0 bridgehead atoms. The van der Waals surface area contributed by atoms with E-state index >= 15 is 0 Å². The minimum Gasteiger partial charge on any atom is -1.00 e. The molecule has 0 spiro atoms. The molecule has 3 heteroatoms. The molecule has 0 saturated carbocycles. The molecule has 0 saturated heterocycles. The van der Waals surface area contributed by atoms with Crippen LogP contribution in [0, 0.1) is 0 Å². The maximum atomic E-state index is 2.16. The van der Waals surface area contributed by atoms with E-state index in [2.05, 4.69) is 60.7 Å². The zero-order valence-electron chi connectivity index (χ0n) is 8.94. The minimum atomic E-state index is 0. The summed E-state index contributed by atoms with van der Waals surface area (Å²) >= 11 is 0. The van der Waals surface area contributed by atoms with Gasteiger partial charge in [0.15, 0.2) is 0 Å². The number of benzene rings is 2. The third-order valence-corrected chi connectivity index (χ3v) is 2.09. The molecular weight excluding hydrogens is 340 g/mol. The van der Waals surface area contributed by atoms with Crippen LogP contribution >= 0.6 is 0 Å². The van der Waals surface area contributed by atoms with Crippen molar-refractivity contribution < 1.29 is 34.0 Å². The van der Waals surface area contributed by atoms with E-state index in [-0.39, 0.29) is 57.0 Å². The normalized spacial score (nSPS) is 8.00. The first-order chi connectivity index (χ1) is 6.45. The maximum absolute atomic E-state index is 2.16. The molecule has 0 aliphatic heterocycles. The molecule has 0 N–H and O–H groups in total. The molecule has 0 fully saturated rings. The summed E-state index contributed by atoms with van der Waals surface area (Å²) in [5.41, 5.74) is 2.74. The molecular formula is C13H12Br2Mg. The van der Waals surface area contributed by atoms with Gasteiger partial charge < -0.3 is 34.0 Å². The van der Waals surface area contributed by atoms with Crippen LogP contribution < -0.4 is 34.0 Å². The summed E-state index contributed by atoms with van der Waals surface area (Å²) in [6, 6.07) is 21.1. The van der Waals surface area contributed by atoms with Crippen LogP contribution in [0.25, 0.3) is 0 Å². The van der Waals surface area contributed by atoms with Crippen molar-refractivity contribution in [1.29, 1.82) is 0 Å². The van der Waals surface area contributed by atoms with E-state index in [1.807, 2.05) is 0 Å². The first kappa shape index (κ1) is 18.5. The van der Waals surface area contributed by atoms with E-state index < -0.39 is 0 Å². The van der Waals surface area contributed by atoms with Crippen LogP contribution in [-0.4, -0.2) is 23.1 Å². The van der Waals surface area contributed by atoms with Crippen molar-refractivity contribution >= 4 is 23.1 Å². The Morgan fingerprint density at radius 3 is 1.19 bits per heavy atom. The molecule has 80 valence electrons. The number of rotatable bonds is 2. The summed E-state index contributed by atoms with van der Waals surface area (Å²) in [6.07, 6.45) is 1.03. The van der Waals surface area contributed by atoms with E-state index in [4.69, 9.17) is 0 Å². The standard InChI is InChI=1S/C13H12.2BrH.Mg/c1-3-7-12(8-4-1)11-13-9-5-2-6-10-13;;;/h1-10H,11H2;2*1H;/q;;;+2/p-2. The Morgan fingerprint density at radius 1 is 0.562 bits per heavy atom. The molecule has 0 aliphatic carbocycles. The zero-order valence-corrected chi connectivity index (χ0v) is 13.5. The molecule has 0 aromatic heterocycles. The summed E-state index contributed by atoms with van der Waals surface area (Å²) in [5.74, 6) is 0. The number of halogens is 2. The van der Waals surface area contributed by atoms with Gasteiger partial charge in [-0.1, -0.05) is 60.7 Å². The molecule has 2 aromatic rings. The van der Waals surface area contributed by atoms with Gasteiger partial charge in [0.05, 0.1) is 0 Å². The molecule has 2 rings (SSSR count). The zero-order chi connectivity index (χ0) is 8.93. The monoisotopic (exact) mass is 350 g/mol. The van der Waals surface area contributed by atoms with Crippen LogP contribution in [-0.2, 0) is 6.42 Å². The Hall–Kier alpha value is 0.166. The van der Waals surface area contributed by atoms with Crippen LogP contribution in [0.2, 0.25) is 0 Å². The van der Waals surface area contributed by atoms with E-state index in [1.54, 1.807) is 0 Å². The van der Waals surface area contributed by atoms with E-state index in [0.29, 0.717) is 0 Å². The molecule has 0 unspecified atom stereocenters. The Kier molecular flexibility index (Phi) is 12.0. The number of hydrogen-bond acceptors (Lipinski definition) is 0. The second-order valence-electron chi connectivity index (χ2n) is 3.15. The third-order valence-electron chi connectivity index (χ3n) is 2.09. The van der Waals surface area contributed by atoms with E-state index in [1.165, 1.54) is 11.1 Å². The van der Waals surface area contributed by atoms with Crippen molar-refractivity contribution in [2.75, 3.05) is 0 Å². The van der Waals surface area contributed by atoms with Crippen LogP contribution in [0.5, 0.6) is 0 Å². The maximum Gasteiger partial charge on any atom is 2.00 e. The Labute approximate surface area is 134 Å². The summed E-state index contributed by atoms with van der Waals surface area (Å²) in [6.45, 7) is 0. The van der Waals surface area contributed by atoms with Crippen molar-refractivity contribution in [3.8, 4) is 0 Å². The smallest absolute Gasteiger partial charge is 1.00 e. The second kappa shape index (κ2) is 10.3. The summed E-state index contributed by atoms with van der Waals surface area (Å²) in [7, 11) is 0.